The van der Waals surface area contributed by atoms with Crippen LogP contribution in [0.1, 0.15) is 29.5 Å². The van der Waals surface area contributed by atoms with E-state index in [1.54, 1.807) is 21.3 Å². The van der Waals surface area contributed by atoms with Crippen LogP contribution in [0.2, 0.25) is 0 Å². The number of methoxy groups -OCH3 is 3. The summed E-state index contributed by atoms with van der Waals surface area (Å²) in [7, 11) is 4.99. The third-order valence-corrected chi connectivity index (χ3v) is 4.38. The van der Waals surface area contributed by atoms with Gasteiger partial charge in [0.15, 0.2) is 11.5 Å². The summed E-state index contributed by atoms with van der Waals surface area (Å²) in [5.74, 6) is 2.54. The Morgan fingerprint density at radius 2 is 1.54 bits per heavy atom. The Morgan fingerprint density at radius 1 is 0.875 bits per heavy atom. The van der Waals surface area contributed by atoms with E-state index in [1.165, 1.54) is 11.1 Å². The second-order valence-electron chi connectivity index (χ2n) is 5.75. The maximum atomic E-state index is 6.06. The first-order valence-electron chi connectivity index (χ1n) is 8.24. The minimum Gasteiger partial charge on any atom is -0.496 e. The molecule has 0 fully saturated rings. The summed E-state index contributed by atoms with van der Waals surface area (Å²) in [6.07, 6.45) is 1.82. The molecule has 2 aromatic rings. The largest absolute Gasteiger partial charge is 0.496 e. The zero-order chi connectivity index (χ0) is 17.5. The predicted molar refractivity (Wildman–Crippen MR) is 97.4 cm³/mol. The van der Waals surface area contributed by atoms with Gasteiger partial charge < -0.3 is 19.9 Å². The van der Waals surface area contributed by atoms with Crippen LogP contribution in [-0.4, -0.2) is 27.9 Å². The Kier molecular flexibility index (Phi) is 6.50. The van der Waals surface area contributed by atoms with Crippen molar-refractivity contribution in [1.29, 1.82) is 0 Å². The van der Waals surface area contributed by atoms with E-state index in [-0.39, 0.29) is 5.92 Å². The maximum absolute atomic E-state index is 6.06. The molecule has 2 N–H and O–H groups in total. The lowest BCUT2D eigenvalue weighted by molar-refractivity contribution is 0.354. The summed E-state index contributed by atoms with van der Waals surface area (Å²) < 4.78 is 16.2. The molecule has 1 atom stereocenters. The molecule has 2 aromatic carbocycles. The number of aryl methyl sites for hydroxylation is 1. The average Bonchev–Trinajstić information content (AvgIpc) is 2.65. The molecule has 0 aliphatic carbocycles. The quantitative estimate of drug-likeness (QED) is 0.804. The highest BCUT2D eigenvalue weighted by atomic mass is 16.5. The topological polar surface area (TPSA) is 53.7 Å². The van der Waals surface area contributed by atoms with Crippen LogP contribution in [0.15, 0.2) is 36.4 Å². The number of rotatable bonds is 8. The normalized spacial score (nSPS) is 11.9. The first-order chi connectivity index (χ1) is 11.7. The second kappa shape index (κ2) is 8.60. The zero-order valence-electron chi connectivity index (χ0n) is 15.0. The van der Waals surface area contributed by atoms with E-state index in [4.69, 9.17) is 19.9 Å². The van der Waals surface area contributed by atoms with Gasteiger partial charge in [-0.25, -0.2) is 0 Å². The molecule has 0 spiro atoms. The molecule has 0 amide bonds. The van der Waals surface area contributed by atoms with Crippen LogP contribution in [0.25, 0.3) is 0 Å². The van der Waals surface area contributed by atoms with E-state index < -0.39 is 0 Å². The molecule has 130 valence electrons. The SMILES string of the molecule is CCc1ccc(OC)c(CC(CN)c2ccc(OC)c(OC)c2)c1. The van der Waals surface area contributed by atoms with Crippen LogP contribution in [0.3, 0.4) is 0 Å². The lowest BCUT2D eigenvalue weighted by Gasteiger charge is -2.19. The van der Waals surface area contributed by atoms with E-state index in [1.807, 2.05) is 18.2 Å². The lowest BCUT2D eigenvalue weighted by Crippen LogP contribution is -2.16. The standard InChI is InChI=1S/C20H27NO3/c1-5-14-6-8-18(22-2)16(10-14)11-17(13-21)15-7-9-19(23-3)20(12-15)24-4/h6-10,12,17H,5,11,13,21H2,1-4H3. The smallest absolute Gasteiger partial charge is 0.160 e. The van der Waals surface area contributed by atoms with Crippen molar-refractivity contribution in [3.8, 4) is 17.2 Å². The summed E-state index contributed by atoms with van der Waals surface area (Å²) in [5.41, 5.74) is 9.68. The molecule has 0 saturated carbocycles. The van der Waals surface area contributed by atoms with E-state index in [9.17, 15) is 0 Å². The molecule has 4 heteroatoms. The van der Waals surface area contributed by atoms with E-state index in [0.717, 1.165) is 35.7 Å². The molecule has 0 radical (unpaired) electrons. The Morgan fingerprint density at radius 3 is 2.12 bits per heavy atom. The number of ether oxygens (including phenoxy) is 3. The van der Waals surface area contributed by atoms with Crippen molar-refractivity contribution in [1.82, 2.24) is 0 Å². The molecule has 24 heavy (non-hydrogen) atoms. The van der Waals surface area contributed by atoms with Gasteiger partial charge in [-0.3, -0.25) is 0 Å². The fourth-order valence-corrected chi connectivity index (χ4v) is 2.92. The van der Waals surface area contributed by atoms with Gasteiger partial charge >= 0.3 is 0 Å². The van der Waals surface area contributed by atoms with E-state index in [0.29, 0.717) is 6.54 Å². The molecular formula is C20H27NO3. The number of nitrogens with two attached hydrogens (primary N) is 1. The van der Waals surface area contributed by atoms with Crippen molar-refractivity contribution >= 4 is 0 Å². The van der Waals surface area contributed by atoms with Gasteiger partial charge in [0, 0.05) is 5.92 Å². The van der Waals surface area contributed by atoms with Gasteiger partial charge in [0.2, 0.25) is 0 Å². The Hall–Kier alpha value is -2.20. The fourth-order valence-electron chi connectivity index (χ4n) is 2.92. The van der Waals surface area contributed by atoms with Crippen LogP contribution in [0, 0.1) is 0 Å². The van der Waals surface area contributed by atoms with Crippen molar-refractivity contribution in [2.75, 3.05) is 27.9 Å². The molecule has 0 aromatic heterocycles. The van der Waals surface area contributed by atoms with Crippen molar-refractivity contribution in [2.45, 2.75) is 25.7 Å². The Labute approximate surface area is 144 Å². The Balaban J connectivity index is 2.33. The van der Waals surface area contributed by atoms with E-state index in [2.05, 4.69) is 25.1 Å². The third-order valence-electron chi connectivity index (χ3n) is 4.38. The molecule has 0 saturated heterocycles. The van der Waals surface area contributed by atoms with Gasteiger partial charge in [-0.15, -0.1) is 0 Å². The number of hydrogen-bond acceptors (Lipinski definition) is 4. The summed E-state index contributed by atoms with van der Waals surface area (Å²) in [5, 5.41) is 0. The predicted octanol–water partition coefficient (Wildman–Crippen LogP) is 3.56. The molecule has 1 unspecified atom stereocenters. The van der Waals surface area contributed by atoms with Gasteiger partial charge in [0.05, 0.1) is 21.3 Å². The summed E-state index contributed by atoms with van der Waals surface area (Å²) in [6.45, 7) is 2.70. The summed E-state index contributed by atoms with van der Waals surface area (Å²) in [4.78, 5) is 0. The molecule has 0 aliphatic heterocycles. The molecule has 2 rings (SSSR count). The molecule has 4 nitrogen and oxygen atoms in total. The molecule has 0 aliphatic rings. The van der Waals surface area contributed by atoms with Crippen LogP contribution in [0.4, 0.5) is 0 Å². The van der Waals surface area contributed by atoms with Gasteiger partial charge in [0.25, 0.3) is 0 Å². The zero-order valence-corrected chi connectivity index (χ0v) is 15.0. The van der Waals surface area contributed by atoms with E-state index >= 15 is 0 Å². The summed E-state index contributed by atoms with van der Waals surface area (Å²) in [6, 6.07) is 12.3. The monoisotopic (exact) mass is 329 g/mol. The second-order valence-corrected chi connectivity index (χ2v) is 5.75. The van der Waals surface area contributed by atoms with Crippen LogP contribution >= 0.6 is 0 Å². The average molecular weight is 329 g/mol. The number of benzene rings is 2. The van der Waals surface area contributed by atoms with Crippen molar-refractivity contribution in [3.63, 3.8) is 0 Å². The molecule has 0 heterocycles. The minimum atomic E-state index is 0.186. The molecule has 0 bridgehead atoms. The number of hydrogen-bond donors (Lipinski definition) is 1. The van der Waals surface area contributed by atoms with Crippen LogP contribution in [0.5, 0.6) is 17.2 Å². The van der Waals surface area contributed by atoms with Gasteiger partial charge in [-0.05, 0) is 54.3 Å². The van der Waals surface area contributed by atoms with Crippen molar-refractivity contribution in [2.24, 2.45) is 5.73 Å². The van der Waals surface area contributed by atoms with Crippen LogP contribution in [-0.2, 0) is 12.8 Å². The van der Waals surface area contributed by atoms with Crippen LogP contribution < -0.4 is 19.9 Å². The highest BCUT2D eigenvalue weighted by Gasteiger charge is 2.16. The van der Waals surface area contributed by atoms with Crippen molar-refractivity contribution in [3.05, 3.63) is 53.1 Å². The van der Waals surface area contributed by atoms with Gasteiger partial charge in [-0.2, -0.15) is 0 Å². The fraction of sp³-hybridized carbons (Fsp3) is 0.400. The highest BCUT2D eigenvalue weighted by molar-refractivity contribution is 5.45. The third kappa shape index (κ3) is 4.01. The first-order valence-corrected chi connectivity index (χ1v) is 8.24. The summed E-state index contributed by atoms with van der Waals surface area (Å²) >= 11 is 0. The Bertz CT molecular complexity index is 670. The van der Waals surface area contributed by atoms with Gasteiger partial charge in [0.1, 0.15) is 5.75 Å². The minimum absolute atomic E-state index is 0.186. The van der Waals surface area contributed by atoms with Crippen molar-refractivity contribution < 1.29 is 14.2 Å². The van der Waals surface area contributed by atoms with Gasteiger partial charge in [-0.1, -0.05) is 25.1 Å². The first kappa shape index (κ1) is 18.1. The highest BCUT2D eigenvalue weighted by Crippen LogP contribution is 2.33. The molecular weight excluding hydrogens is 302 g/mol. The maximum Gasteiger partial charge on any atom is 0.160 e. The lowest BCUT2D eigenvalue weighted by atomic mass is 9.90.